The molecule has 0 saturated carbocycles. The van der Waals surface area contributed by atoms with Crippen LogP contribution in [0.3, 0.4) is 0 Å². The summed E-state index contributed by atoms with van der Waals surface area (Å²) in [4.78, 5) is 22.7. The largest absolute Gasteiger partial charge is 0.496 e. The first-order chi connectivity index (χ1) is 7.97. The minimum Gasteiger partial charge on any atom is -0.496 e. The van der Waals surface area contributed by atoms with Crippen LogP contribution in [-0.4, -0.2) is 25.0 Å². The van der Waals surface area contributed by atoms with Crippen molar-refractivity contribution in [3.8, 4) is 5.75 Å². The van der Waals surface area contributed by atoms with Gasteiger partial charge in [0.1, 0.15) is 11.8 Å². The van der Waals surface area contributed by atoms with E-state index in [1.165, 1.54) is 14.0 Å². The van der Waals surface area contributed by atoms with Crippen LogP contribution in [0, 0.1) is 0 Å². The molecule has 0 spiro atoms. The molecule has 0 aliphatic heterocycles. The van der Waals surface area contributed by atoms with Gasteiger partial charge in [-0.05, 0) is 35.0 Å². The number of ether oxygens (including phenoxy) is 1. The Morgan fingerprint density at radius 2 is 2.12 bits per heavy atom. The van der Waals surface area contributed by atoms with Crippen LogP contribution in [0.1, 0.15) is 17.3 Å². The Morgan fingerprint density at radius 1 is 1.47 bits per heavy atom. The molecule has 0 aliphatic carbocycles. The second kappa shape index (κ2) is 5.67. The fraction of sp³-hybridized carbons (Fsp3) is 0.273. The third-order valence-corrected chi connectivity index (χ3v) is 3.02. The highest BCUT2D eigenvalue weighted by atomic mass is 79.9. The number of halogens is 1. The Kier molecular flexibility index (Phi) is 4.51. The first-order valence-electron chi connectivity index (χ1n) is 4.90. The minimum absolute atomic E-state index is 0.387. The summed E-state index contributed by atoms with van der Waals surface area (Å²) in [6.45, 7) is 1.52. The molecule has 0 aliphatic rings. The molecule has 1 aromatic carbocycles. The maximum Gasteiger partial charge on any atom is 0.253 e. The van der Waals surface area contributed by atoms with Gasteiger partial charge in [-0.2, -0.15) is 0 Å². The zero-order valence-electron chi connectivity index (χ0n) is 9.49. The lowest BCUT2D eigenvalue weighted by Crippen LogP contribution is -2.42. The normalized spacial score (nSPS) is 11.7. The molecule has 92 valence electrons. The molecule has 1 atom stereocenters. The lowest BCUT2D eigenvalue weighted by atomic mass is 10.2. The zero-order valence-corrected chi connectivity index (χ0v) is 11.1. The van der Waals surface area contributed by atoms with E-state index in [1.54, 1.807) is 18.2 Å². The average Bonchev–Trinajstić information content (AvgIpc) is 2.28. The summed E-state index contributed by atoms with van der Waals surface area (Å²) in [7, 11) is 1.51. The second-order valence-corrected chi connectivity index (χ2v) is 4.21. The van der Waals surface area contributed by atoms with E-state index in [9.17, 15) is 9.59 Å². The van der Waals surface area contributed by atoms with E-state index >= 15 is 0 Å². The molecule has 3 N–H and O–H groups in total. The first kappa shape index (κ1) is 13.5. The van der Waals surface area contributed by atoms with Crippen molar-refractivity contribution >= 4 is 27.7 Å². The van der Waals surface area contributed by atoms with Crippen molar-refractivity contribution in [1.82, 2.24) is 5.32 Å². The van der Waals surface area contributed by atoms with Gasteiger partial charge in [0.2, 0.25) is 5.91 Å². The Bertz CT molecular complexity index is 448. The highest BCUT2D eigenvalue weighted by molar-refractivity contribution is 9.10. The molecule has 0 heterocycles. The molecule has 1 unspecified atom stereocenters. The third kappa shape index (κ3) is 3.20. The number of benzene rings is 1. The number of nitrogens with two attached hydrogens (primary N) is 1. The monoisotopic (exact) mass is 300 g/mol. The van der Waals surface area contributed by atoms with Crippen LogP contribution in [-0.2, 0) is 4.79 Å². The van der Waals surface area contributed by atoms with Gasteiger partial charge in [0.25, 0.3) is 5.91 Å². The molecule has 1 aromatic rings. The van der Waals surface area contributed by atoms with Gasteiger partial charge in [-0.15, -0.1) is 0 Å². The number of hydrogen-bond donors (Lipinski definition) is 2. The number of rotatable bonds is 4. The molecule has 5 nitrogen and oxygen atoms in total. The van der Waals surface area contributed by atoms with Crippen LogP contribution in [0.4, 0.5) is 0 Å². The number of hydrogen-bond acceptors (Lipinski definition) is 3. The van der Waals surface area contributed by atoms with E-state index in [1.807, 2.05) is 0 Å². The topological polar surface area (TPSA) is 81.4 Å². The number of nitrogens with one attached hydrogen (secondary N) is 1. The molecule has 2 amide bonds. The first-order valence-corrected chi connectivity index (χ1v) is 5.69. The van der Waals surface area contributed by atoms with Crippen LogP contribution < -0.4 is 15.8 Å². The van der Waals surface area contributed by atoms with E-state index in [0.717, 1.165) is 0 Å². The van der Waals surface area contributed by atoms with Gasteiger partial charge in [-0.1, -0.05) is 6.07 Å². The second-order valence-electron chi connectivity index (χ2n) is 3.42. The molecular formula is C11H13BrN2O3. The predicted octanol–water partition coefficient (Wildman–Crippen LogP) is 1.06. The van der Waals surface area contributed by atoms with Crippen molar-refractivity contribution in [3.05, 3.63) is 28.2 Å². The summed E-state index contributed by atoms with van der Waals surface area (Å²) >= 11 is 3.27. The maximum absolute atomic E-state index is 11.8. The van der Waals surface area contributed by atoms with E-state index in [0.29, 0.717) is 15.8 Å². The van der Waals surface area contributed by atoms with E-state index in [2.05, 4.69) is 21.2 Å². The van der Waals surface area contributed by atoms with Crippen molar-refractivity contribution in [2.45, 2.75) is 13.0 Å². The predicted molar refractivity (Wildman–Crippen MR) is 66.8 cm³/mol. The van der Waals surface area contributed by atoms with Gasteiger partial charge in [0.15, 0.2) is 0 Å². The highest BCUT2D eigenvalue weighted by Gasteiger charge is 2.17. The molecule has 0 aromatic heterocycles. The Morgan fingerprint density at radius 3 is 2.65 bits per heavy atom. The van der Waals surface area contributed by atoms with Crippen LogP contribution in [0.15, 0.2) is 22.7 Å². The standard InChI is InChI=1S/C11H13BrN2O3/c1-6(10(13)15)14-11(16)7-4-3-5-8(17-2)9(7)12/h3-6H,1-2H3,(H2,13,15)(H,14,16). The number of carbonyl (C=O) groups excluding carboxylic acids is 2. The van der Waals surface area contributed by atoms with E-state index in [4.69, 9.17) is 10.5 Å². The van der Waals surface area contributed by atoms with Crippen molar-refractivity contribution < 1.29 is 14.3 Å². The summed E-state index contributed by atoms with van der Waals surface area (Å²) in [5, 5.41) is 2.49. The summed E-state index contributed by atoms with van der Waals surface area (Å²) in [5.41, 5.74) is 5.45. The average molecular weight is 301 g/mol. The SMILES string of the molecule is COc1cccc(C(=O)NC(C)C(N)=O)c1Br. The smallest absolute Gasteiger partial charge is 0.253 e. The minimum atomic E-state index is -0.722. The fourth-order valence-electron chi connectivity index (χ4n) is 1.19. The van der Waals surface area contributed by atoms with Crippen molar-refractivity contribution in [3.63, 3.8) is 0 Å². The molecule has 1 rings (SSSR count). The number of methoxy groups -OCH3 is 1. The summed E-state index contributed by atoms with van der Waals surface area (Å²) in [5.74, 6) is -0.427. The van der Waals surface area contributed by atoms with Gasteiger partial charge >= 0.3 is 0 Å². The Hall–Kier alpha value is -1.56. The number of amides is 2. The van der Waals surface area contributed by atoms with Crippen LogP contribution in [0.5, 0.6) is 5.75 Å². The van der Waals surface area contributed by atoms with Crippen LogP contribution in [0.2, 0.25) is 0 Å². The third-order valence-electron chi connectivity index (χ3n) is 2.20. The molecule has 0 bridgehead atoms. The van der Waals surface area contributed by atoms with Crippen molar-refractivity contribution in [2.75, 3.05) is 7.11 Å². The highest BCUT2D eigenvalue weighted by Crippen LogP contribution is 2.28. The van der Waals surface area contributed by atoms with Crippen LogP contribution >= 0.6 is 15.9 Å². The lowest BCUT2D eigenvalue weighted by molar-refractivity contribution is -0.119. The molecule has 6 heteroatoms. The molecule has 0 saturated heterocycles. The van der Waals surface area contributed by atoms with Crippen LogP contribution in [0.25, 0.3) is 0 Å². The Labute approximate surface area is 107 Å². The van der Waals surface area contributed by atoms with Crippen molar-refractivity contribution in [2.24, 2.45) is 5.73 Å². The molecule has 17 heavy (non-hydrogen) atoms. The van der Waals surface area contributed by atoms with Gasteiger partial charge in [0.05, 0.1) is 17.1 Å². The summed E-state index contributed by atoms with van der Waals surface area (Å²) < 4.78 is 5.61. The summed E-state index contributed by atoms with van der Waals surface area (Å²) in [6, 6.07) is 4.31. The molecule has 0 fully saturated rings. The fourth-order valence-corrected chi connectivity index (χ4v) is 1.80. The zero-order chi connectivity index (χ0) is 13.0. The number of carbonyl (C=O) groups is 2. The molecule has 0 radical (unpaired) electrons. The van der Waals surface area contributed by atoms with Gasteiger partial charge in [0, 0.05) is 0 Å². The van der Waals surface area contributed by atoms with Crippen molar-refractivity contribution in [1.29, 1.82) is 0 Å². The molecular weight excluding hydrogens is 288 g/mol. The van der Waals surface area contributed by atoms with E-state index in [-0.39, 0.29) is 5.91 Å². The number of primary amides is 1. The quantitative estimate of drug-likeness (QED) is 0.872. The Balaban J connectivity index is 2.93. The summed E-state index contributed by atoms with van der Waals surface area (Å²) in [6.07, 6.45) is 0. The van der Waals surface area contributed by atoms with Gasteiger partial charge < -0.3 is 15.8 Å². The lowest BCUT2D eigenvalue weighted by Gasteiger charge is -2.12. The van der Waals surface area contributed by atoms with Gasteiger partial charge in [-0.25, -0.2) is 0 Å². The maximum atomic E-state index is 11.8. The van der Waals surface area contributed by atoms with E-state index < -0.39 is 11.9 Å². The van der Waals surface area contributed by atoms with Gasteiger partial charge in [-0.3, -0.25) is 9.59 Å².